The molecule has 0 saturated heterocycles. The smallest absolute Gasteiger partial charge is 0.241 e. The molecule has 3 N–H and O–H groups in total. The molecule has 2 atom stereocenters. The third-order valence-electron chi connectivity index (χ3n) is 3.65. The van der Waals surface area contributed by atoms with Crippen LogP contribution in [0.4, 0.5) is 5.69 Å². The number of hydrogen-bond donors (Lipinski definition) is 2. The summed E-state index contributed by atoms with van der Waals surface area (Å²) in [4.78, 5) is 20.5. The molecule has 21 heavy (non-hydrogen) atoms. The zero-order chi connectivity index (χ0) is 15.4. The molecule has 0 bridgehead atoms. The van der Waals surface area contributed by atoms with E-state index in [-0.39, 0.29) is 11.8 Å². The lowest BCUT2D eigenvalue weighted by atomic mass is 9.99. The number of nitrogens with two attached hydrogens (primary N) is 1. The zero-order valence-electron chi connectivity index (χ0n) is 12.6. The molecular formula is C15H21N5O. The van der Waals surface area contributed by atoms with Crippen LogP contribution in [0.5, 0.6) is 0 Å². The lowest BCUT2D eigenvalue weighted by molar-refractivity contribution is -0.118. The van der Waals surface area contributed by atoms with Crippen LogP contribution < -0.4 is 11.1 Å². The van der Waals surface area contributed by atoms with E-state index in [0.717, 1.165) is 18.1 Å². The maximum absolute atomic E-state index is 12.0. The predicted molar refractivity (Wildman–Crippen MR) is 82.2 cm³/mol. The fraction of sp³-hybridized carbons (Fsp3) is 0.400. The van der Waals surface area contributed by atoms with Gasteiger partial charge in [0.1, 0.15) is 11.6 Å². The van der Waals surface area contributed by atoms with Gasteiger partial charge in [0, 0.05) is 12.4 Å². The fourth-order valence-electron chi connectivity index (χ4n) is 1.96. The van der Waals surface area contributed by atoms with Gasteiger partial charge in [0.05, 0.1) is 17.9 Å². The van der Waals surface area contributed by atoms with E-state index in [4.69, 9.17) is 5.73 Å². The molecule has 0 aliphatic rings. The molecule has 6 nitrogen and oxygen atoms in total. The van der Waals surface area contributed by atoms with Crippen molar-refractivity contribution in [1.82, 2.24) is 14.5 Å². The third-order valence-corrected chi connectivity index (χ3v) is 3.65. The van der Waals surface area contributed by atoms with Crippen LogP contribution >= 0.6 is 0 Å². The first-order valence-corrected chi connectivity index (χ1v) is 7.05. The van der Waals surface area contributed by atoms with E-state index >= 15 is 0 Å². The molecule has 1 unspecified atom stereocenters. The van der Waals surface area contributed by atoms with E-state index in [1.54, 1.807) is 12.4 Å². The van der Waals surface area contributed by atoms with E-state index < -0.39 is 6.04 Å². The van der Waals surface area contributed by atoms with Crippen LogP contribution in [0.3, 0.4) is 0 Å². The van der Waals surface area contributed by atoms with Gasteiger partial charge in [-0.2, -0.15) is 0 Å². The van der Waals surface area contributed by atoms with Crippen molar-refractivity contribution in [3.8, 4) is 5.82 Å². The Morgan fingerprint density at radius 1 is 1.43 bits per heavy atom. The normalized spacial score (nSPS) is 13.7. The monoisotopic (exact) mass is 287 g/mol. The SMILES string of the molecule is CCC(C)[C@H](N)C(=O)Nc1ccc(-n2ccnc2C)nc1. The largest absolute Gasteiger partial charge is 0.323 e. The highest BCUT2D eigenvalue weighted by atomic mass is 16.2. The number of amides is 1. The number of pyridine rings is 1. The molecule has 6 heteroatoms. The first-order chi connectivity index (χ1) is 10.0. The van der Waals surface area contributed by atoms with Crippen molar-refractivity contribution < 1.29 is 4.79 Å². The van der Waals surface area contributed by atoms with Gasteiger partial charge in [-0.15, -0.1) is 0 Å². The average molecular weight is 287 g/mol. The van der Waals surface area contributed by atoms with Gasteiger partial charge in [-0.1, -0.05) is 20.3 Å². The van der Waals surface area contributed by atoms with Crippen LogP contribution in [0.15, 0.2) is 30.7 Å². The Bertz CT molecular complexity index is 605. The summed E-state index contributed by atoms with van der Waals surface area (Å²) in [6, 6.07) is 3.13. The molecular weight excluding hydrogens is 266 g/mol. The summed E-state index contributed by atoms with van der Waals surface area (Å²) in [5.41, 5.74) is 6.54. The molecule has 0 aromatic carbocycles. The van der Waals surface area contributed by atoms with Crippen molar-refractivity contribution >= 4 is 11.6 Å². The number of anilines is 1. The van der Waals surface area contributed by atoms with E-state index in [9.17, 15) is 4.79 Å². The molecule has 0 saturated carbocycles. The van der Waals surface area contributed by atoms with Crippen molar-refractivity contribution in [3.05, 3.63) is 36.5 Å². The predicted octanol–water partition coefficient (Wildman–Crippen LogP) is 1.89. The first kappa shape index (κ1) is 15.2. The Morgan fingerprint density at radius 3 is 2.71 bits per heavy atom. The van der Waals surface area contributed by atoms with Crippen molar-refractivity contribution in [3.63, 3.8) is 0 Å². The van der Waals surface area contributed by atoms with Crippen LogP contribution in [0, 0.1) is 12.8 Å². The highest BCUT2D eigenvalue weighted by Gasteiger charge is 2.19. The second-order valence-electron chi connectivity index (χ2n) is 5.15. The van der Waals surface area contributed by atoms with Crippen molar-refractivity contribution in [2.75, 3.05) is 5.32 Å². The summed E-state index contributed by atoms with van der Waals surface area (Å²) in [6.07, 6.45) is 6.05. The van der Waals surface area contributed by atoms with Crippen molar-refractivity contribution in [1.29, 1.82) is 0 Å². The standard InChI is InChI=1S/C15H21N5O/c1-4-10(2)14(16)15(21)19-12-5-6-13(18-9-12)20-8-7-17-11(20)3/h5-10,14H,4,16H2,1-3H3,(H,19,21)/t10?,14-/m0/s1. The Morgan fingerprint density at radius 2 is 2.19 bits per heavy atom. The summed E-state index contributed by atoms with van der Waals surface area (Å²) in [6.45, 7) is 5.89. The summed E-state index contributed by atoms with van der Waals surface area (Å²) in [5, 5.41) is 2.79. The maximum atomic E-state index is 12.0. The van der Waals surface area contributed by atoms with Gasteiger partial charge in [-0.3, -0.25) is 9.36 Å². The van der Waals surface area contributed by atoms with Crippen LogP contribution in [-0.2, 0) is 4.79 Å². The van der Waals surface area contributed by atoms with Crippen molar-refractivity contribution in [2.24, 2.45) is 11.7 Å². The molecule has 0 spiro atoms. The topological polar surface area (TPSA) is 85.8 Å². The summed E-state index contributed by atoms with van der Waals surface area (Å²) >= 11 is 0. The van der Waals surface area contributed by atoms with E-state index in [1.165, 1.54) is 0 Å². The van der Waals surface area contributed by atoms with E-state index in [0.29, 0.717) is 5.69 Å². The Balaban J connectivity index is 2.06. The van der Waals surface area contributed by atoms with Crippen LogP contribution in [0.1, 0.15) is 26.1 Å². The first-order valence-electron chi connectivity index (χ1n) is 7.05. The van der Waals surface area contributed by atoms with Gasteiger partial charge in [0.25, 0.3) is 0 Å². The fourth-order valence-corrected chi connectivity index (χ4v) is 1.96. The zero-order valence-corrected chi connectivity index (χ0v) is 12.6. The van der Waals surface area contributed by atoms with Crippen LogP contribution in [-0.4, -0.2) is 26.5 Å². The Hall–Kier alpha value is -2.21. The molecule has 2 heterocycles. The number of rotatable bonds is 5. The molecule has 2 aromatic rings. The van der Waals surface area contributed by atoms with Gasteiger partial charge < -0.3 is 11.1 Å². The number of aromatic nitrogens is 3. The molecule has 0 radical (unpaired) electrons. The van der Waals surface area contributed by atoms with Crippen molar-refractivity contribution in [2.45, 2.75) is 33.2 Å². The van der Waals surface area contributed by atoms with E-state index in [1.807, 2.05) is 43.7 Å². The number of imidazole rings is 1. The molecule has 0 fully saturated rings. The highest BCUT2D eigenvalue weighted by molar-refractivity contribution is 5.94. The highest BCUT2D eigenvalue weighted by Crippen LogP contribution is 2.13. The van der Waals surface area contributed by atoms with E-state index in [2.05, 4.69) is 15.3 Å². The average Bonchev–Trinajstić information content (AvgIpc) is 2.92. The molecule has 2 aromatic heterocycles. The minimum Gasteiger partial charge on any atom is -0.323 e. The number of nitrogens with one attached hydrogen (secondary N) is 1. The summed E-state index contributed by atoms with van der Waals surface area (Å²) in [7, 11) is 0. The van der Waals surface area contributed by atoms with Gasteiger partial charge in [0.15, 0.2) is 0 Å². The number of aryl methyl sites for hydroxylation is 1. The number of carbonyl (C=O) groups is 1. The maximum Gasteiger partial charge on any atom is 0.241 e. The van der Waals surface area contributed by atoms with Crippen LogP contribution in [0.2, 0.25) is 0 Å². The van der Waals surface area contributed by atoms with Crippen LogP contribution in [0.25, 0.3) is 5.82 Å². The number of hydrogen-bond acceptors (Lipinski definition) is 4. The molecule has 2 rings (SSSR count). The van der Waals surface area contributed by atoms with Gasteiger partial charge >= 0.3 is 0 Å². The molecule has 112 valence electrons. The molecule has 1 amide bonds. The number of nitrogens with zero attached hydrogens (tertiary/aromatic N) is 3. The minimum atomic E-state index is -0.509. The lowest BCUT2D eigenvalue weighted by Crippen LogP contribution is -2.40. The minimum absolute atomic E-state index is 0.144. The Kier molecular flexibility index (Phi) is 4.70. The number of carbonyl (C=O) groups excluding carboxylic acids is 1. The second-order valence-corrected chi connectivity index (χ2v) is 5.15. The third kappa shape index (κ3) is 3.46. The summed E-state index contributed by atoms with van der Waals surface area (Å²) in [5.74, 6) is 1.58. The van der Waals surface area contributed by atoms with Gasteiger partial charge in [0.2, 0.25) is 5.91 Å². The molecule has 0 aliphatic heterocycles. The lowest BCUT2D eigenvalue weighted by Gasteiger charge is -2.17. The second kappa shape index (κ2) is 6.49. The summed E-state index contributed by atoms with van der Waals surface area (Å²) < 4.78 is 1.87. The Labute approximate surface area is 124 Å². The quantitative estimate of drug-likeness (QED) is 0.879. The van der Waals surface area contributed by atoms with Gasteiger partial charge in [-0.05, 0) is 25.0 Å². The molecule has 0 aliphatic carbocycles. The van der Waals surface area contributed by atoms with Gasteiger partial charge in [-0.25, -0.2) is 9.97 Å².